The lowest BCUT2D eigenvalue weighted by Gasteiger charge is -2.05. The Morgan fingerprint density at radius 1 is 1.62 bits per heavy atom. The standard InChI is InChI=1S/C7H9N5O/c1-12-5(4-10-11-12)6(13)7-8-2-3-9-7/h2-4,6,13H,1H3,(H,8,9). The molecular weight excluding hydrogens is 170 g/mol. The lowest BCUT2D eigenvalue weighted by molar-refractivity contribution is 0.200. The fourth-order valence-electron chi connectivity index (χ4n) is 1.11. The molecule has 0 aliphatic carbocycles. The number of aliphatic hydroxyl groups is 1. The number of hydrogen-bond acceptors (Lipinski definition) is 4. The largest absolute Gasteiger partial charge is 0.379 e. The van der Waals surface area contributed by atoms with Gasteiger partial charge in [-0.05, 0) is 0 Å². The SMILES string of the molecule is Cn1nncc1C(O)c1ncc[nH]1. The number of aryl methyl sites for hydroxylation is 1. The zero-order chi connectivity index (χ0) is 9.26. The van der Waals surface area contributed by atoms with Crippen LogP contribution >= 0.6 is 0 Å². The van der Waals surface area contributed by atoms with E-state index in [1.807, 2.05) is 0 Å². The van der Waals surface area contributed by atoms with Gasteiger partial charge in [-0.3, -0.25) is 0 Å². The van der Waals surface area contributed by atoms with E-state index in [0.717, 1.165) is 0 Å². The maximum absolute atomic E-state index is 9.76. The Hall–Kier alpha value is -1.69. The van der Waals surface area contributed by atoms with Gasteiger partial charge in [0.15, 0.2) is 6.10 Å². The molecule has 2 rings (SSSR count). The third kappa shape index (κ3) is 1.31. The van der Waals surface area contributed by atoms with Gasteiger partial charge < -0.3 is 10.1 Å². The molecule has 2 aromatic rings. The molecule has 0 fully saturated rings. The highest BCUT2D eigenvalue weighted by Crippen LogP contribution is 2.15. The van der Waals surface area contributed by atoms with E-state index in [2.05, 4.69) is 20.3 Å². The molecule has 1 atom stereocenters. The molecule has 2 aromatic heterocycles. The lowest BCUT2D eigenvalue weighted by atomic mass is 10.2. The summed E-state index contributed by atoms with van der Waals surface area (Å²) in [7, 11) is 1.72. The second-order valence-electron chi connectivity index (χ2n) is 2.66. The van der Waals surface area contributed by atoms with Crippen molar-refractivity contribution in [2.45, 2.75) is 6.10 Å². The summed E-state index contributed by atoms with van der Waals surface area (Å²) in [6, 6.07) is 0. The number of hydrogen-bond donors (Lipinski definition) is 2. The first-order chi connectivity index (χ1) is 6.29. The number of H-pyrrole nitrogens is 1. The van der Waals surface area contributed by atoms with Crippen LogP contribution in [0.15, 0.2) is 18.6 Å². The smallest absolute Gasteiger partial charge is 0.155 e. The third-order valence-electron chi connectivity index (χ3n) is 1.81. The first-order valence-electron chi connectivity index (χ1n) is 3.81. The van der Waals surface area contributed by atoms with E-state index in [1.165, 1.54) is 10.9 Å². The first-order valence-corrected chi connectivity index (χ1v) is 3.81. The summed E-state index contributed by atoms with van der Waals surface area (Å²) >= 11 is 0. The van der Waals surface area contributed by atoms with E-state index in [4.69, 9.17) is 0 Å². The van der Waals surface area contributed by atoms with Crippen molar-refractivity contribution in [3.8, 4) is 0 Å². The number of nitrogens with one attached hydrogen (secondary N) is 1. The topological polar surface area (TPSA) is 79.6 Å². The summed E-state index contributed by atoms with van der Waals surface area (Å²) in [6.07, 6.45) is 3.95. The molecule has 6 heteroatoms. The Bertz CT molecular complexity index is 379. The summed E-state index contributed by atoms with van der Waals surface area (Å²) in [6.45, 7) is 0. The number of nitrogens with zero attached hydrogens (tertiary/aromatic N) is 4. The van der Waals surface area contributed by atoms with Crippen LogP contribution in [0.4, 0.5) is 0 Å². The Labute approximate surface area is 74.2 Å². The summed E-state index contributed by atoms with van der Waals surface area (Å²) in [4.78, 5) is 6.76. The van der Waals surface area contributed by atoms with Crippen LogP contribution in [-0.2, 0) is 7.05 Å². The molecule has 0 amide bonds. The second kappa shape index (κ2) is 2.98. The highest BCUT2D eigenvalue weighted by molar-refractivity contribution is 5.10. The molecule has 0 saturated heterocycles. The van der Waals surface area contributed by atoms with Crippen molar-refractivity contribution in [3.63, 3.8) is 0 Å². The van der Waals surface area contributed by atoms with E-state index in [0.29, 0.717) is 11.5 Å². The fraction of sp³-hybridized carbons (Fsp3) is 0.286. The molecule has 0 aliphatic heterocycles. The number of aromatic amines is 1. The molecule has 13 heavy (non-hydrogen) atoms. The lowest BCUT2D eigenvalue weighted by Crippen LogP contribution is -2.07. The van der Waals surface area contributed by atoms with Gasteiger partial charge in [0.25, 0.3) is 0 Å². The highest BCUT2D eigenvalue weighted by Gasteiger charge is 2.16. The van der Waals surface area contributed by atoms with Crippen molar-refractivity contribution >= 4 is 0 Å². The summed E-state index contributed by atoms with van der Waals surface area (Å²) in [5.74, 6) is 0.491. The van der Waals surface area contributed by atoms with Gasteiger partial charge in [-0.25, -0.2) is 9.67 Å². The number of aliphatic hydroxyl groups excluding tert-OH is 1. The van der Waals surface area contributed by atoms with Crippen molar-refractivity contribution in [3.05, 3.63) is 30.1 Å². The van der Waals surface area contributed by atoms with Gasteiger partial charge in [0.05, 0.1) is 11.9 Å². The molecule has 0 aromatic carbocycles. The quantitative estimate of drug-likeness (QED) is 0.658. The summed E-state index contributed by atoms with van der Waals surface area (Å²) < 4.78 is 1.51. The van der Waals surface area contributed by atoms with Crippen LogP contribution in [0.2, 0.25) is 0 Å². The highest BCUT2D eigenvalue weighted by atomic mass is 16.3. The number of rotatable bonds is 2. The minimum absolute atomic E-state index is 0.491. The molecule has 1 unspecified atom stereocenters. The first kappa shape index (κ1) is 7.93. The van der Waals surface area contributed by atoms with Crippen LogP contribution in [0.25, 0.3) is 0 Å². The van der Waals surface area contributed by atoms with Gasteiger partial charge in [-0.1, -0.05) is 5.21 Å². The molecule has 0 spiro atoms. The van der Waals surface area contributed by atoms with E-state index >= 15 is 0 Å². The molecule has 6 nitrogen and oxygen atoms in total. The minimum Gasteiger partial charge on any atom is -0.379 e. The van der Waals surface area contributed by atoms with Crippen LogP contribution in [0.5, 0.6) is 0 Å². The maximum Gasteiger partial charge on any atom is 0.155 e. The third-order valence-corrected chi connectivity index (χ3v) is 1.81. The molecule has 2 heterocycles. The number of imidazole rings is 1. The maximum atomic E-state index is 9.76. The normalized spacial score (nSPS) is 13.1. The van der Waals surface area contributed by atoms with E-state index in [1.54, 1.807) is 19.4 Å². The van der Waals surface area contributed by atoms with Gasteiger partial charge in [0.1, 0.15) is 5.82 Å². The zero-order valence-electron chi connectivity index (χ0n) is 7.05. The van der Waals surface area contributed by atoms with Gasteiger partial charge in [0, 0.05) is 19.4 Å². The summed E-state index contributed by atoms with van der Waals surface area (Å²) in [5.41, 5.74) is 0.606. The van der Waals surface area contributed by atoms with Gasteiger partial charge >= 0.3 is 0 Å². The van der Waals surface area contributed by atoms with Gasteiger partial charge in [-0.2, -0.15) is 0 Å². The Morgan fingerprint density at radius 3 is 3.00 bits per heavy atom. The minimum atomic E-state index is -0.796. The van der Waals surface area contributed by atoms with Crippen molar-refractivity contribution < 1.29 is 5.11 Å². The van der Waals surface area contributed by atoms with Gasteiger partial charge in [0.2, 0.25) is 0 Å². The second-order valence-corrected chi connectivity index (χ2v) is 2.66. The Kier molecular flexibility index (Phi) is 1.82. The molecule has 0 aliphatic rings. The van der Waals surface area contributed by atoms with E-state index in [-0.39, 0.29) is 0 Å². The van der Waals surface area contributed by atoms with Crippen molar-refractivity contribution in [1.29, 1.82) is 0 Å². The molecule has 0 radical (unpaired) electrons. The van der Waals surface area contributed by atoms with Crippen LogP contribution in [0, 0.1) is 0 Å². The Morgan fingerprint density at radius 2 is 2.46 bits per heavy atom. The number of aromatic nitrogens is 5. The average molecular weight is 179 g/mol. The zero-order valence-corrected chi connectivity index (χ0v) is 7.05. The van der Waals surface area contributed by atoms with Crippen LogP contribution in [0.3, 0.4) is 0 Å². The van der Waals surface area contributed by atoms with Crippen LogP contribution in [-0.4, -0.2) is 30.1 Å². The van der Waals surface area contributed by atoms with E-state index in [9.17, 15) is 5.11 Å². The molecule has 68 valence electrons. The van der Waals surface area contributed by atoms with Crippen molar-refractivity contribution in [1.82, 2.24) is 25.0 Å². The molecule has 0 saturated carbocycles. The fourth-order valence-corrected chi connectivity index (χ4v) is 1.11. The molecule has 0 bridgehead atoms. The van der Waals surface area contributed by atoms with Crippen LogP contribution in [0.1, 0.15) is 17.6 Å². The van der Waals surface area contributed by atoms with Crippen LogP contribution < -0.4 is 0 Å². The molecular formula is C7H9N5O. The predicted molar refractivity (Wildman–Crippen MR) is 43.7 cm³/mol. The predicted octanol–water partition coefficient (Wildman–Crippen LogP) is -0.380. The van der Waals surface area contributed by atoms with Crippen molar-refractivity contribution in [2.75, 3.05) is 0 Å². The average Bonchev–Trinajstić information content (AvgIpc) is 2.72. The summed E-state index contributed by atoms with van der Waals surface area (Å²) in [5, 5.41) is 17.1. The van der Waals surface area contributed by atoms with Crippen molar-refractivity contribution in [2.24, 2.45) is 7.05 Å². The van der Waals surface area contributed by atoms with Gasteiger partial charge in [-0.15, -0.1) is 5.10 Å². The Balaban J connectivity index is 2.33. The monoisotopic (exact) mass is 179 g/mol. The molecule has 2 N–H and O–H groups in total. The van der Waals surface area contributed by atoms with E-state index < -0.39 is 6.10 Å².